The van der Waals surface area contributed by atoms with Crippen LogP contribution >= 0.6 is 0 Å². The van der Waals surface area contributed by atoms with Gasteiger partial charge in [-0.15, -0.1) is 0 Å². The summed E-state index contributed by atoms with van der Waals surface area (Å²) < 4.78 is 43.8. The Labute approximate surface area is 138 Å². The number of nitrogens with one attached hydrogen (secondary N) is 2. The van der Waals surface area contributed by atoms with E-state index in [9.17, 15) is 23.1 Å². The SMILES string of the molecule is O=C(NCC[C@@H](O)C1CCOCC1)Nc1ccccc1C(F)(F)F. The summed E-state index contributed by atoms with van der Waals surface area (Å²) in [4.78, 5) is 11.8. The zero-order valence-electron chi connectivity index (χ0n) is 13.1. The first kappa shape index (κ1) is 18.5. The van der Waals surface area contributed by atoms with E-state index in [0.29, 0.717) is 19.6 Å². The van der Waals surface area contributed by atoms with E-state index < -0.39 is 23.9 Å². The van der Waals surface area contributed by atoms with Crippen LogP contribution in [0, 0.1) is 5.92 Å². The molecule has 0 aromatic heterocycles. The van der Waals surface area contributed by atoms with Crippen LogP contribution in [0.1, 0.15) is 24.8 Å². The number of halogens is 3. The summed E-state index contributed by atoms with van der Waals surface area (Å²) in [7, 11) is 0. The van der Waals surface area contributed by atoms with Crippen LogP contribution in [-0.2, 0) is 10.9 Å². The van der Waals surface area contributed by atoms with Crippen molar-refractivity contribution in [1.82, 2.24) is 5.32 Å². The number of benzene rings is 1. The summed E-state index contributed by atoms with van der Waals surface area (Å²) in [5.74, 6) is 0.134. The van der Waals surface area contributed by atoms with Gasteiger partial charge in [0.2, 0.25) is 0 Å². The molecule has 0 spiro atoms. The van der Waals surface area contributed by atoms with Crippen molar-refractivity contribution in [3.8, 4) is 0 Å². The normalized spacial score (nSPS) is 17.3. The molecular weight excluding hydrogens is 325 g/mol. The molecule has 0 unspecified atom stereocenters. The van der Waals surface area contributed by atoms with Crippen molar-refractivity contribution in [2.75, 3.05) is 25.1 Å². The number of aliphatic hydroxyl groups excluding tert-OH is 1. The third-order valence-electron chi connectivity index (χ3n) is 4.02. The topological polar surface area (TPSA) is 70.6 Å². The van der Waals surface area contributed by atoms with Gasteiger partial charge in [-0.05, 0) is 37.3 Å². The number of carbonyl (C=O) groups excluding carboxylic acids is 1. The molecule has 1 aliphatic rings. The molecule has 1 atom stereocenters. The minimum Gasteiger partial charge on any atom is -0.393 e. The van der Waals surface area contributed by atoms with Crippen molar-refractivity contribution < 1.29 is 27.8 Å². The number of anilines is 1. The first-order valence-electron chi connectivity index (χ1n) is 7.85. The number of ether oxygens (including phenoxy) is 1. The van der Waals surface area contributed by atoms with Crippen LogP contribution in [0.4, 0.5) is 23.7 Å². The van der Waals surface area contributed by atoms with Gasteiger partial charge in [-0.3, -0.25) is 0 Å². The van der Waals surface area contributed by atoms with Crippen LogP contribution in [-0.4, -0.2) is 37.0 Å². The first-order chi connectivity index (χ1) is 11.4. The molecule has 1 heterocycles. The predicted molar refractivity (Wildman–Crippen MR) is 82.6 cm³/mol. The minimum absolute atomic E-state index is 0.134. The molecule has 2 amide bonds. The number of alkyl halides is 3. The quantitative estimate of drug-likeness (QED) is 0.768. The van der Waals surface area contributed by atoms with E-state index in [1.54, 1.807) is 0 Å². The van der Waals surface area contributed by atoms with E-state index >= 15 is 0 Å². The van der Waals surface area contributed by atoms with Crippen LogP contribution in [0.15, 0.2) is 24.3 Å². The van der Waals surface area contributed by atoms with Gasteiger partial charge in [0.05, 0.1) is 17.4 Å². The van der Waals surface area contributed by atoms with Crippen LogP contribution in [0.25, 0.3) is 0 Å². The van der Waals surface area contributed by atoms with Gasteiger partial charge in [0.1, 0.15) is 0 Å². The molecule has 1 saturated heterocycles. The van der Waals surface area contributed by atoms with Gasteiger partial charge in [-0.1, -0.05) is 12.1 Å². The van der Waals surface area contributed by atoms with Crippen LogP contribution < -0.4 is 10.6 Å². The van der Waals surface area contributed by atoms with Gasteiger partial charge in [-0.2, -0.15) is 13.2 Å². The third kappa shape index (κ3) is 5.38. The lowest BCUT2D eigenvalue weighted by atomic mass is 9.92. The van der Waals surface area contributed by atoms with Crippen molar-refractivity contribution >= 4 is 11.7 Å². The number of carbonyl (C=O) groups is 1. The van der Waals surface area contributed by atoms with Gasteiger partial charge >= 0.3 is 12.2 Å². The first-order valence-corrected chi connectivity index (χ1v) is 7.85. The number of para-hydroxylation sites is 1. The van der Waals surface area contributed by atoms with Gasteiger partial charge < -0.3 is 20.5 Å². The molecule has 1 fully saturated rings. The van der Waals surface area contributed by atoms with Crippen LogP contribution in [0.3, 0.4) is 0 Å². The number of rotatable bonds is 5. The number of hydrogen-bond acceptors (Lipinski definition) is 3. The van der Waals surface area contributed by atoms with Crippen molar-refractivity contribution in [2.45, 2.75) is 31.5 Å². The predicted octanol–water partition coefficient (Wildman–Crippen LogP) is 3.00. The Bertz CT molecular complexity index is 546. The lowest BCUT2D eigenvalue weighted by molar-refractivity contribution is -0.136. The number of aliphatic hydroxyl groups is 1. The van der Waals surface area contributed by atoms with Crippen molar-refractivity contribution in [2.24, 2.45) is 5.92 Å². The number of amides is 2. The molecule has 134 valence electrons. The number of urea groups is 1. The summed E-state index contributed by atoms with van der Waals surface area (Å²) in [6.07, 6.45) is -3.21. The molecule has 1 aliphatic heterocycles. The van der Waals surface area contributed by atoms with Gasteiger partial charge in [0.15, 0.2) is 0 Å². The molecule has 0 radical (unpaired) electrons. The second kappa shape index (κ2) is 8.34. The van der Waals surface area contributed by atoms with Crippen molar-refractivity contribution in [1.29, 1.82) is 0 Å². The highest BCUT2D eigenvalue weighted by Crippen LogP contribution is 2.34. The van der Waals surface area contributed by atoms with Gasteiger partial charge in [0, 0.05) is 19.8 Å². The van der Waals surface area contributed by atoms with E-state index in [4.69, 9.17) is 4.74 Å². The standard InChI is InChI=1S/C16H21F3N2O3/c17-16(18,19)12-3-1-2-4-13(12)21-15(23)20-8-5-14(22)11-6-9-24-10-7-11/h1-4,11,14,22H,5-10H2,(H2,20,21,23)/t14-/m1/s1. The molecule has 0 bridgehead atoms. The monoisotopic (exact) mass is 346 g/mol. The largest absolute Gasteiger partial charge is 0.418 e. The van der Waals surface area contributed by atoms with E-state index in [1.807, 2.05) is 0 Å². The molecule has 1 aromatic rings. The summed E-state index contributed by atoms with van der Waals surface area (Å²) in [5, 5.41) is 14.7. The smallest absolute Gasteiger partial charge is 0.393 e. The minimum atomic E-state index is -4.54. The molecule has 5 nitrogen and oxygen atoms in total. The van der Waals surface area contributed by atoms with Crippen LogP contribution in [0.2, 0.25) is 0 Å². The molecule has 2 rings (SSSR count). The fourth-order valence-corrected chi connectivity index (χ4v) is 2.68. The van der Waals surface area contributed by atoms with Crippen molar-refractivity contribution in [3.05, 3.63) is 29.8 Å². The second-order valence-electron chi connectivity index (χ2n) is 5.73. The molecule has 1 aromatic carbocycles. The van der Waals surface area contributed by atoms with E-state index in [-0.39, 0.29) is 18.2 Å². The van der Waals surface area contributed by atoms with E-state index in [0.717, 1.165) is 18.9 Å². The zero-order chi connectivity index (χ0) is 17.6. The molecule has 3 N–H and O–H groups in total. The second-order valence-corrected chi connectivity index (χ2v) is 5.73. The Hall–Kier alpha value is -1.80. The highest BCUT2D eigenvalue weighted by Gasteiger charge is 2.33. The molecule has 0 saturated carbocycles. The Morgan fingerprint density at radius 2 is 1.96 bits per heavy atom. The fourth-order valence-electron chi connectivity index (χ4n) is 2.68. The Morgan fingerprint density at radius 3 is 2.62 bits per heavy atom. The Morgan fingerprint density at radius 1 is 1.29 bits per heavy atom. The maximum atomic E-state index is 12.8. The zero-order valence-corrected chi connectivity index (χ0v) is 13.1. The molecular formula is C16H21F3N2O3. The summed E-state index contributed by atoms with van der Waals surface area (Å²) in [5.41, 5.74) is -1.20. The number of hydrogen-bond donors (Lipinski definition) is 3. The third-order valence-corrected chi connectivity index (χ3v) is 4.02. The summed E-state index contributed by atoms with van der Waals surface area (Å²) in [6, 6.07) is 4.05. The van der Waals surface area contributed by atoms with Crippen LogP contribution in [0.5, 0.6) is 0 Å². The van der Waals surface area contributed by atoms with Crippen molar-refractivity contribution in [3.63, 3.8) is 0 Å². The highest BCUT2D eigenvalue weighted by atomic mass is 19.4. The highest BCUT2D eigenvalue weighted by molar-refractivity contribution is 5.90. The van der Waals surface area contributed by atoms with Gasteiger partial charge in [0.25, 0.3) is 0 Å². The summed E-state index contributed by atoms with van der Waals surface area (Å²) in [6.45, 7) is 1.41. The molecule has 24 heavy (non-hydrogen) atoms. The lowest BCUT2D eigenvalue weighted by Crippen LogP contribution is -2.34. The average Bonchev–Trinajstić information content (AvgIpc) is 2.55. The molecule has 8 heteroatoms. The maximum absolute atomic E-state index is 12.8. The lowest BCUT2D eigenvalue weighted by Gasteiger charge is -2.26. The Kier molecular flexibility index (Phi) is 6.44. The van der Waals surface area contributed by atoms with E-state index in [2.05, 4.69) is 10.6 Å². The van der Waals surface area contributed by atoms with Gasteiger partial charge in [-0.25, -0.2) is 4.79 Å². The summed E-state index contributed by atoms with van der Waals surface area (Å²) >= 11 is 0. The average molecular weight is 346 g/mol. The van der Waals surface area contributed by atoms with E-state index in [1.165, 1.54) is 18.2 Å². The maximum Gasteiger partial charge on any atom is 0.418 e. The Balaban J connectivity index is 1.79. The molecule has 0 aliphatic carbocycles. The fraction of sp³-hybridized carbons (Fsp3) is 0.562.